The van der Waals surface area contributed by atoms with Crippen LogP contribution in [0.15, 0.2) is 24.3 Å². The summed E-state index contributed by atoms with van der Waals surface area (Å²) in [5, 5.41) is 11.9. The molecule has 0 saturated carbocycles. The topological polar surface area (TPSA) is 49.3 Å². The Balaban J connectivity index is 2.34. The molecule has 15 heavy (non-hydrogen) atoms. The van der Waals surface area contributed by atoms with Crippen molar-refractivity contribution in [2.45, 2.75) is 19.3 Å². The summed E-state index contributed by atoms with van der Waals surface area (Å²) >= 11 is 5.71. The Kier molecular flexibility index (Phi) is 5.15. The van der Waals surface area contributed by atoms with E-state index in [2.05, 4.69) is 5.32 Å². The van der Waals surface area contributed by atoms with Crippen LogP contribution in [0.3, 0.4) is 0 Å². The number of hydrogen-bond donors (Lipinski definition) is 2. The lowest BCUT2D eigenvalue weighted by Crippen LogP contribution is -2.11. The number of aliphatic hydroxyl groups is 1. The van der Waals surface area contributed by atoms with Gasteiger partial charge in [-0.2, -0.15) is 0 Å². The Bertz CT molecular complexity index is 311. The quantitative estimate of drug-likeness (QED) is 0.760. The van der Waals surface area contributed by atoms with Crippen LogP contribution in [0.5, 0.6) is 0 Å². The van der Waals surface area contributed by atoms with Crippen molar-refractivity contribution >= 4 is 23.2 Å². The molecule has 0 unspecified atom stereocenters. The predicted molar refractivity (Wildman–Crippen MR) is 61.0 cm³/mol. The van der Waals surface area contributed by atoms with E-state index in [0.29, 0.717) is 24.3 Å². The van der Waals surface area contributed by atoms with Gasteiger partial charge in [-0.1, -0.05) is 11.6 Å². The molecule has 0 fully saturated rings. The normalized spacial score (nSPS) is 10.0. The largest absolute Gasteiger partial charge is 0.396 e. The summed E-state index contributed by atoms with van der Waals surface area (Å²) in [6.45, 7) is 0.133. The molecule has 0 aliphatic rings. The molecule has 1 aromatic rings. The van der Waals surface area contributed by atoms with Crippen molar-refractivity contribution in [2.75, 3.05) is 11.9 Å². The maximum atomic E-state index is 11.3. The molecule has 0 aromatic heterocycles. The van der Waals surface area contributed by atoms with E-state index < -0.39 is 0 Å². The van der Waals surface area contributed by atoms with Crippen LogP contribution in [0.1, 0.15) is 19.3 Å². The molecule has 1 amide bonds. The molecule has 0 saturated heterocycles. The summed E-state index contributed by atoms with van der Waals surface area (Å²) in [6.07, 6.45) is 1.80. The first-order chi connectivity index (χ1) is 7.22. The molecule has 3 nitrogen and oxygen atoms in total. The first kappa shape index (κ1) is 12.0. The van der Waals surface area contributed by atoms with Gasteiger partial charge in [0, 0.05) is 23.7 Å². The highest BCUT2D eigenvalue weighted by atomic mass is 35.5. The summed E-state index contributed by atoms with van der Waals surface area (Å²) in [5.41, 5.74) is 0.744. The number of aliphatic hydroxyl groups excluding tert-OH is 1. The van der Waals surface area contributed by atoms with Gasteiger partial charge in [-0.25, -0.2) is 0 Å². The van der Waals surface area contributed by atoms with Crippen molar-refractivity contribution < 1.29 is 9.90 Å². The van der Waals surface area contributed by atoms with E-state index in [1.807, 2.05) is 0 Å². The molecule has 0 bridgehead atoms. The maximum absolute atomic E-state index is 11.3. The van der Waals surface area contributed by atoms with Crippen LogP contribution in [-0.4, -0.2) is 17.6 Å². The van der Waals surface area contributed by atoms with Gasteiger partial charge >= 0.3 is 0 Å². The summed E-state index contributed by atoms with van der Waals surface area (Å²) in [6, 6.07) is 6.97. The number of benzene rings is 1. The Labute approximate surface area is 94.1 Å². The molecule has 1 rings (SSSR count). The van der Waals surface area contributed by atoms with E-state index in [-0.39, 0.29) is 12.5 Å². The molecule has 0 heterocycles. The summed E-state index contributed by atoms with van der Waals surface area (Å²) in [4.78, 5) is 11.3. The lowest BCUT2D eigenvalue weighted by molar-refractivity contribution is -0.116. The summed E-state index contributed by atoms with van der Waals surface area (Å²) < 4.78 is 0. The highest BCUT2D eigenvalue weighted by molar-refractivity contribution is 6.30. The van der Waals surface area contributed by atoms with E-state index in [1.165, 1.54) is 0 Å². The predicted octanol–water partition coefficient (Wildman–Crippen LogP) is 2.44. The van der Waals surface area contributed by atoms with Crippen LogP contribution in [0.2, 0.25) is 5.02 Å². The number of halogens is 1. The molecule has 4 heteroatoms. The number of carbonyl (C=O) groups excluding carboxylic acids is 1. The summed E-state index contributed by atoms with van der Waals surface area (Å²) in [7, 11) is 0. The summed E-state index contributed by atoms with van der Waals surface area (Å²) in [5.74, 6) is -0.0363. The molecule has 82 valence electrons. The van der Waals surface area contributed by atoms with Gasteiger partial charge in [0.15, 0.2) is 0 Å². The molecule has 1 aromatic carbocycles. The van der Waals surface area contributed by atoms with Crippen LogP contribution in [0, 0.1) is 0 Å². The van der Waals surface area contributed by atoms with E-state index in [4.69, 9.17) is 16.7 Å². The minimum Gasteiger partial charge on any atom is -0.396 e. The SMILES string of the molecule is O=C(CCCCO)Nc1ccc(Cl)cc1. The van der Waals surface area contributed by atoms with Crippen LogP contribution in [0.25, 0.3) is 0 Å². The maximum Gasteiger partial charge on any atom is 0.224 e. The second-order valence-electron chi connectivity index (χ2n) is 3.24. The number of carbonyl (C=O) groups is 1. The Hall–Kier alpha value is -1.06. The zero-order valence-electron chi connectivity index (χ0n) is 8.37. The second kappa shape index (κ2) is 6.43. The molecule has 0 aliphatic carbocycles. The zero-order chi connectivity index (χ0) is 11.1. The average Bonchev–Trinajstić information content (AvgIpc) is 2.22. The second-order valence-corrected chi connectivity index (χ2v) is 3.67. The van der Waals surface area contributed by atoms with Gasteiger partial charge in [0.1, 0.15) is 0 Å². The number of nitrogens with one attached hydrogen (secondary N) is 1. The molecular weight excluding hydrogens is 214 g/mol. The Morgan fingerprint density at radius 3 is 2.53 bits per heavy atom. The minimum absolute atomic E-state index is 0.0363. The highest BCUT2D eigenvalue weighted by Gasteiger charge is 2.01. The van der Waals surface area contributed by atoms with Gasteiger partial charge in [0.2, 0.25) is 5.91 Å². The molecule has 2 N–H and O–H groups in total. The van der Waals surface area contributed by atoms with Crippen molar-refractivity contribution in [2.24, 2.45) is 0 Å². The van der Waals surface area contributed by atoms with Crippen molar-refractivity contribution in [1.29, 1.82) is 0 Å². The van der Waals surface area contributed by atoms with Gasteiger partial charge in [-0.15, -0.1) is 0 Å². The molecule has 0 radical (unpaired) electrons. The lowest BCUT2D eigenvalue weighted by Gasteiger charge is -2.04. The van der Waals surface area contributed by atoms with E-state index >= 15 is 0 Å². The standard InChI is InChI=1S/C11H14ClNO2/c12-9-4-6-10(7-5-9)13-11(15)3-1-2-8-14/h4-7,14H,1-3,8H2,(H,13,15). The van der Waals surface area contributed by atoms with Crippen molar-refractivity contribution in [3.63, 3.8) is 0 Å². The number of unbranched alkanes of at least 4 members (excludes halogenated alkanes) is 1. The van der Waals surface area contributed by atoms with E-state index in [9.17, 15) is 4.79 Å². The third kappa shape index (κ3) is 4.81. The lowest BCUT2D eigenvalue weighted by atomic mass is 10.2. The van der Waals surface area contributed by atoms with E-state index in [1.54, 1.807) is 24.3 Å². The van der Waals surface area contributed by atoms with Crippen molar-refractivity contribution in [3.05, 3.63) is 29.3 Å². The van der Waals surface area contributed by atoms with E-state index in [0.717, 1.165) is 5.69 Å². The molecule has 0 aliphatic heterocycles. The third-order valence-electron chi connectivity index (χ3n) is 1.94. The fourth-order valence-corrected chi connectivity index (χ4v) is 1.28. The number of anilines is 1. The number of hydrogen-bond acceptors (Lipinski definition) is 2. The highest BCUT2D eigenvalue weighted by Crippen LogP contribution is 2.13. The van der Waals surface area contributed by atoms with Crippen LogP contribution in [0.4, 0.5) is 5.69 Å². The van der Waals surface area contributed by atoms with Gasteiger partial charge in [-0.05, 0) is 37.1 Å². The first-order valence-corrected chi connectivity index (χ1v) is 5.26. The third-order valence-corrected chi connectivity index (χ3v) is 2.19. The first-order valence-electron chi connectivity index (χ1n) is 4.88. The van der Waals surface area contributed by atoms with Gasteiger partial charge in [-0.3, -0.25) is 4.79 Å². The van der Waals surface area contributed by atoms with Crippen LogP contribution >= 0.6 is 11.6 Å². The average molecular weight is 228 g/mol. The number of amides is 1. The molecular formula is C11H14ClNO2. The Morgan fingerprint density at radius 1 is 1.27 bits per heavy atom. The van der Waals surface area contributed by atoms with Crippen LogP contribution < -0.4 is 5.32 Å². The van der Waals surface area contributed by atoms with Crippen molar-refractivity contribution in [3.8, 4) is 0 Å². The zero-order valence-corrected chi connectivity index (χ0v) is 9.13. The van der Waals surface area contributed by atoms with Gasteiger partial charge in [0.25, 0.3) is 0 Å². The van der Waals surface area contributed by atoms with Gasteiger partial charge in [0.05, 0.1) is 0 Å². The van der Waals surface area contributed by atoms with Crippen molar-refractivity contribution in [1.82, 2.24) is 0 Å². The minimum atomic E-state index is -0.0363. The molecule has 0 spiro atoms. The molecule has 0 atom stereocenters. The monoisotopic (exact) mass is 227 g/mol. The number of rotatable bonds is 5. The fourth-order valence-electron chi connectivity index (χ4n) is 1.15. The fraction of sp³-hybridized carbons (Fsp3) is 0.364. The Morgan fingerprint density at radius 2 is 1.93 bits per heavy atom. The van der Waals surface area contributed by atoms with Crippen LogP contribution in [-0.2, 0) is 4.79 Å². The smallest absolute Gasteiger partial charge is 0.224 e. The van der Waals surface area contributed by atoms with Gasteiger partial charge < -0.3 is 10.4 Å².